The molecule has 1 amide bonds. The van der Waals surface area contributed by atoms with E-state index in [1.54, 1.807) is 54.6 Å². The molecule has 0 aliphatic heterocycles. The summed E-state index contributed by atoms with van der Waals surface area (Å²) < 4.78 is 0. The summed E-state index contributed by atoms with van der Waals surface area (Å²) in [5.41, 5.74) is 1.14. The van der Waals surface area contributed by atoms with Crippen molar-refractivity contribution >= 4 is 17.4 Å². The fourth-order valence-electron chi connectivity index (χ4n) is 1.95. The van der Waals surface area contributed by atoms with Gasteiger partial charge in [-0.15, -0.1) is 0 Å². The molecule has 0 aliphatic rings. The Balaban J connectivity index is 2.15. The molecule has 0 saturated heterocycles. The van der Waals surface area contributed by atoms with Gasteiger partial charge in [0.15, 0.2) is 11.4 Å². The lowest BCUT2D eigenvalue weighted by Crippen LogP contribution is -2.15. The molecule has 2 rings (SSSR count). The van der Waals surface area contributed by atoms with Crippen molar-refractivity contribution < 1.29 is 14.7 Å². The number of ketones is 1. The first-order valence-corrected chi connectivity index (χ1v) is 6.84. The van der Waals surface area contributed by atoms with E-state index in [4.69, 9.17) is 5.26 Å². The topological polar surface area (TPSA) is 90.2 Å². The summed E-state index contributed by atoms with van der Waals surface area (Å²) in [6, 6.07) is 16.8. The monoisotopic (exact) mass is 306 g/mol. The Morgan fingerprint density at radius 3 is 2.09 bits per heavy atom. The third-order valence-corrected chi connectivity index (χ3v) is 3.14. The lowest BCUT2D eigenvalue weighted by Gasteiger charge is -2.06. The van der Waals surface area contributed by atoms with Crippen LogP contribution in [0.15, 0.2) is 65.9 Å². The van der Waals surface area contributed by atoms with Crippen LogP contribution in [-0.4, -0.2) is 16.8 Å². The van der Waals surface area contributed by atoms with E-state index in [2.05, 4.69) is 5.32 Å². The number of carbonyl (C=O) groups is 2. The third kappa shape index (κ3) is 3.83. The minimum Gasteiger partial charge on any atom is -0.511 e. The Morgan fingerprint density at radius 1 is 1.00 bits per heavy atom. The highest BCUT2D eigenvalue weighted by molar-refractivity contribution is 6.10. The summed E-state index contributed by atoms with van der Waals surface area (Å²) in [4.78, 5) is 24.1. The number of hydrogen-bond donors (Lipinski definition) is 2. The summed E-state index contributed by atoms with van der Waals surface area (Å²) >= 11 is 0. The molecule has 23 heavy (non-hydrogen) atoms. The van der Waals surface area contributed by atoms with Crippen LogP contribution in [0.25, 0.3) is 0 Å². The number of carbonyl (C=O) groups excluding carboxylic acids is 2. The second-order valence-corrected chi connectivity index (χ2v) is 4.80. The normalized spacial score (nSPS) is 11.1. The second-order valence-electron chi connectivity index (χ2n) is 4.80. The molecular formula is C18H14N2O3. The van der Waals surface area contributed by atoms with Crippen LogP contribution < -0.4 is 5.32 Å². The number of amides is 1. The predicted molar refractivity (Wildman–Crippen MR) is 85.9 cm³/mol. The van der Waals surface area contributed by atoms with Gasteiger partial charge in [-0.05, 0) is 31.2 Å². The molecule has 0 atom stereocenters. The van der Waals surface area contributed by atoms with Crippen molar-refractivity contribution in [3.8, 4) is 6.07 Å². The van der Waals surface area contributed by atoms with Crippen LogP contribution in [0.4, 0.5) is 5.69 Å². The second kappa shape index (κ2) is 7.05. The van der Waals surface area contributed by atoms with Crippen LogP contribution >= 0.6 is 0 Å². The SMILES string of the molecule is CC(O)=C(C#N)C(=O)Nc1ccc(C(=O)c2ccccc2)cc1. The van der Waals surface area contributed by atoms with Gasteiger partial charge in [-0.1, -0.05) is 30.3 Å². The average Bonchev–Trinajstić information content (AvgIpc) is 2.56. The molecule has 2 N–H and O–H groups in total. The molecule has 0 aliphatic carbocycles. The van der Waals surface area contributed by atoms with Gasteiger partial charge in [0.25, 0.3) is 5.91 Å². The Labute approximate surface area is 133 Å². The largest absolute Gasteiger partial charge is 0.511 e. The van der Waals surface area contributed by atoms with Gasteiger partial charge < -0.3 is 10.4 Å². The maximum atomic E-state index is 12.3. The molecule has 0 fully saturated rings. The zero-order valence-corrected chi connectivity index (χ0v) is 12.4. The average molecular weight is 306 g/mol. The van der Waals surface area contributed by atoms with E-state index in [-0.39, 0.29) is 17.1 Å². The van der Waals surface area contributed by atoms with E-state index in [0.29, 0.717) is 16.8 Å². The van der Waals surface area contributed by atoms with Crippen molar-refractivity contribution in [2.24, 2.45) is 0 Å². The molecule has 5 heteroatoms. The molecule has 114 valence electrons. The summed E-state index contributed by atoms with van der Waals surface area (Å²) in [6.07, 6.45) is 0. The standard InChI is InChI=1S/C18H14N2O3/c1-12(21)16(11-19)18(23)20-15-9-7-14(8-10-15)17(22)13-5-3-2-4-6-13/h2-10,21H,1H3,(H,20,23). The molecule has 0 radical (unpaired) electrons. The van der Waals surface area contributed by atoms with Crippen LogP contribution in [0.5, 0.6) is 0 Å². The van der Waals surface area contributed by atoms with E-state index in [0.717, 1.165) is 0 Å². The first-order chi connectivity index (χ1) is 11.0. The number of aliphatic hydroxyl groups excluding tert-OH is 1. The molecule has 0 saturated carbocycles. The molecule has 0 heterocycles. The van der Waals surface area contributed by atoms with Gasteiger partial charge in [-0.3, -0.25) is 9.59 Å². The number of allylic oxidation sites excluding steroid dienone is 1. The van der Waals surface area contributed by atoms with Crippen molar-refractivity contribution in [1.29, 1.82) is 5.26 Å². The maximum Gasteiger partial charge on any atom is 0.269 e. The van der Waals surface area contributed by atoms with E-state index < -0.39 is 5.91 Å². The third-order valence-electron chi connectivity index (χ3n) is 3.14. The Morgan fingerprint density at radius 2 is 1.57 bits per heavy atom. The predicted octanol–water partition coefficient (Wildman–Crippen LogP) is 3.21. The van der Waals surface area contributed by atoms with Gasteiger partial charge in [0.05, 0.1) is 0 Å². The van der Waals surface area contributed by atoms with Crippen molar-refractivity contribution in [3.63, 3.8) is 0 Å². The van der Waals surface area contributed by atoms with Crippen LogP contribution in [-0.2, 0) is 4.79 Å². The van der Waals surface area contributed by atoms with Crippen molar-refractivity contribution in [2.75, 3.05) is 5.32 Å². The maximum absolute atomic E-state index is 12.3. The van der Waals surface area contributed by atoms with Gasteiger partial charge >= 0.3 is 0 Å². The number of anilines is 1. The van der Waals surface area contributed by atoms with Crippen LogP contribution in [0.3, 0.4) is 0 Å². The van der Waals surface area contributed by atoms with Crippen LogP contribution in [0, 0.1) is 11.3 Å². The Hall–Kier alpha value is -3.39. The lowest BCUT2D eigenvalue weighted by molar-refractivity contribution is -0.112. The quantitative estimate of drug-likeness (QED) is 0.393. The Kier molecular flexibility index (Phi) is 4.90. The summed E-state index contributed by atoms with van der Waals surface area (Å²) in [6.45, 7) is 1.26. The van der Waals surface area contributed by atoms with Crippen molar-refractivity contribution in [1.82, 2.24) is 0 Å². The van der Waals surface area contributed by atoms with Crippen LogP contribution in [0.2, 0.25) is 0 Å². The van der Waals surface area contributed by atoms with Gasteiger partial charge in [0, 0.05) is 16.8 Å². The first-order valence-electron chi connectivity index (χ1n) is 6.84. The smallest absolute Gasteiger partial charge is 0.269 e. The minimum absolute atomic E-state index is 0.118. The molecule has 0 spiro atoms. The number of nitriles is 1. The van der Waals surface area contributed by atoms with E-state index in [9.17, 15) is 14.7 Å². The zero-order chi connectivity index (χ0) is 16.8. The van der Waals surface area contributed by atoms with Crippen LogP contribution in [0.1, 0.15) is 22.8 Å². The first kappa shape index (κ1) is 16.0. The van der Waals surface area contributed by atoms with Crippen molar-refractivity contribution in [3.05, 3.63) is 77.1 Å². The summed E-state index contributed by atoms with van der Waals surface area (Å²) in [5, 5.41) is 20.6. The van der Waals surface area contributed by atoms with Gasteiger partial charge in [-0.2, -0.15) is 5.26 Å². The fourth-order valence-corrected chi connectivity index (χ4v) is 1.95. The summed E-state index contributed by atoms with van der Waals surface area (Å²) in [7, 11) is 0. The lowest BCUT2D eigenvalue weighted by atomic mass is 10.0. The molecule has 2 aromatic rings. The molecule has 2 aromatic carbocycles. The zero-order valence-electron chi connectivity index (χ0n) is 12.4. The van der Waals surface area contributed by atoms with Gasteiger partial charge in [-0.25, -0.2) is 0 Å². The number of benzene rings is 2. The highest BCUT2D eigenvalue weighted by Crippen LogP contribution is 2.15. The highest BCUT2D eigenvalue weighted by Gasteiger charge is 2.13. The number of nitrogens with one attached hydrogen (secondary N) is 1. The number of hydrogen-bond acceptors (Lipinski definition) is 4. The molecule has 5 nitrogen and oxygen atoms in total. The Bertz CT molecular complexity index is 796. The van der Waals surface area contributed by atoms with Crippen molar-refractivity contribution in [2.45, 2.75) is 6.92 Å². The van der Waals surface area contributed by atoms with E-state index in [1.807, 2.05) is 6.07 Å². The molecular weight excluding hydrogens is 292 g/mol. The van der Waals surface area contributed by atoms with E-state index in [1.165, 1.54) is 6.92 Å². The number of nitrogens with zero attached hydrogens (tertiary/aromatic N) is 1. The molecule has 0 aromatic heterocycles. The number of rotatable bonds is 4. The number of aliphatic hydroxyl groups is 1. The summed E-state index contributed by atoms with van der Waals surface area (Å²) in [5.74, 6) is -1.16. The molecule has 0 bridgehead atoms. The fraction of sp³-hybridized carbons (Fsp3) is 0.0556. The van der Waals surface area contributed by atoms with E-state index >= 15 is 0 Å². The van der Waals surface area contributed by atoms with Gasteiger partial charge in [0.1, 0.15) is 11.8 Å². The minimum atomic E-state index is -0.699. The highest BCUT2D eigenvalue weighted by atomic mass is 16.3. The van der Waals surface area contributed by atoms with Gasteiger partial charge in [0.2, 0.25) is 0 Å². The molecule has 0 unspecified atom stereocenters.